The Balaban J connectivity index is 1.29. The molecule has 0 radical (unpaired) electrons. The van der Waals surface area contributed by atoms with E-state index in [1.165, 1.54) is 0 Å². The molecule has 0 spiro atoms. The second-order valence-corrected chi connectivity index (χ2v) is 8.88. The molecule has 36 heavy (non-hydrogen) atoms. The normalized spacial score (nSPS) is 18.0. The lowest BCUT2D eigenvalue weighted by atomic mass is 9.85. The Kier molecular flexibility index (Phi) is 5.79. The molecule has 2 atom stereocenters. The molecule has 4 aromatic rings. The molecule has 0 saturated carbocycles. The van der Waals surface area contributed by atoms with E-state index in [0.29, 0.717) is 12.8 Å². The average molecular weight is 473 g/mol. The Labute approximate surface area is 209 Å². The van der Waals surface area contributed by atoms with E-state index in [0.717, 1.165) is 44.8 Å². The largest absolute Gasteiger partial charge is 0.295 e. The summed E-state index contributed by atoms with van der Waals surface area (Å²) in [5.41, 5.74) is 14.1. The number of nitrogens with zero attached hydrogens (tertiary/aromatic N) is 4. The van der Waals surface area contributed by atoms with Gasteiger partial charge in [-0.25, -0.2) is 0 Å². The van der Waals surface area contributed by atoms with E-state index in [4.69, 9.17) is 0 Å². The molecular formula is C29H24N6O. The molecule has 7 nitrogen and oxygen atoms in total. The van der Waals surface area contributed by atoms with Gasteiger partial charge in [0.15, 0.2) is 5.78 Å². The number of ketones is 1. The van der Waals surface area contributed by atoms with Crippen LogP contribution in [-0.2, 0) is 17.6 Å². The third-order valence-electron chi connectivity index (χ3n) is 6.63. The van der Waals surface area contributed by atoms with Crippen molar-refractivity contribution < 1.29 is 4.79 Å². The molecule has 0 aliphatic carbocycles. The second-order valence-electron chi connectivity index (χ2n) is 8.88. The standard InChI is InChI=1S/C29H24N6O/c36-29(27-23-7-3-1-5-21(23)25(32-34-27)17-19-9-13-30-14-10-19)28-24-8-4-2-6-22(24)26(33-35-28)18-20-11-15-31-16-12-20/h1-16,27-28,34-35H,17-18H2. The van der Waals surface area contributed by atoms with Crippen molar-refractivity contribution >= 4 is 17.2 Å². The van der Waals surface area contributed by atoms with Gasteiger partial charge in [-0.05, 0) is 46.5 Å². The highest BCUT2D eigenvalue weighted by Gasteiger charge is 2.36. The van der Waals surface area contributed by atoms with Gasteiger partial charge in [-0.2, -0.15) is 10.2 Å². The first-order valence-corrected chi connectivity index (χ1v) is 11.9. The number of benzene rings is 2. The zero-order valence-corrected chi connectivity index (χ0v) is 19.5. The van der Waals surface area contributed by atoms with Crippen molar-refractivity contribution in [2.45, 2.75) is 24.9 Å². The summed E-state index contributed by atoms with van der Waals surface area (Å²) in [4.78, 5) is 22.1. The molecule has 6 rings (SSSR count). The van der Waals surface area contributed by atoms with Crippen LogP contribution >= 0.6 is 0 Å². The minimum Gasteiger partial charge on any atom is -0.295 e. The van der Waals surface area contributed by atoms with E-state index >= 15 is 0 Å². The van der Waals surface area contributed by atoms with Crippen LogP contribution in [0.15, 0.2) is 108 Å². The lowest BCUT2D eigenvalue weighted by Crippen LogP contribution is -2.40. The molecule has 2 N–H and O–H groups in total. The number of carbonyl (C=O) groups excluding carboxylic acids is 1. The molecular weight excluding hydrogens is 448 g/mol. The topological polar surface area (TPSA) is 91.6 Å². The van der Waals surface area contributed by atoms with E-state index in [1.807, 2.05) is 72.8 Å². The van der Waals surface area contributed by atoms with Crippen LogP contribution in [0.1, 0.15) is 45.5 Å². The predicted molar refractivity (Wildman–Crippen MR) is 139 cm³/mol. The number of hydrogen-bond donors (Lipinski definition) is 2. The van der Waals surface area contributed by atoms with E-state index in [1.54, 1.807) is 24.8 Å². The maximum Gasteiger partial charge on any atom is 0.189 e. The van der Waals surface area contributed by atoms with Crippen LogP contribution < -0.4 is 10.9 Å². The number of rotatable bonds is 6. The van der Waals surface area contributed by atoms with Crippen LogP contribution in [0.4, 0.5) is 0 Å². The van der Waals surface area contributed by atoms with Crippen molar-refractivity contribution in [3.05, 3.63) is 131 Å². The summed E-state index contributed by atoms with van der Waals surface area (Å²) in [5, 5.41) is 9.29. The van der Waals surface area contributed by atoms with Crippen LogP contribution in [0.2, 0.25) is 0 Å². The summed E-state index contributed by atoms with van der Waals surface area (Å²) in [6.45, 7) is 0. The third-order valence-corrected chi connectivity index (χ3v) is 6.63. The van der Waals surface area contributed by atoms with E-state index < -0.39 is 12.1 Å². The highest BCUT2D eigenvalue weighted by Crippen LogP contribution is 2.32. The Bertz CT molecular complexity index is 1350. The molecule has 7 heteroatoms. The molecule has 2 aromatic heterocycles. The van der Waals surface area contributed by atoms with Crippen molar-refractivity contribution in [2.24, 2.45) is 10.2 Å². The Morgan fingerprint density at radius 1 is 0.611 bits per heavy atom. The first-order chi connectivity index (χ1) is 17.8. The highest BCUT2D eigenvalue weighted by atomic mass is 16.1. The summed E-state index contributed by atoms with van der Waals surface area (Å²) in [5.74, 6) is -0.0201. The summed E-state index contributed by atoms with van der Waals surface area (Å²) >= 11 is 0. The van der Waals surface area contributed by atoms with Crippen LogP contribution in [0.25, 0.3) is 0 Å². The van der Waals surface area contributed by atoms with Gasteiger partial charge >= 0.3 is 0 Å². The third kappa shape index (κ3) is 4.15. The van der Waals surface area contributed by atoms with E-state index in [2.05, 4.69) is 31.0 Å². The van der Waals surface area contributed by atoms with Crippen molar-refractivity contribution in [3.63, 3.8) is 0 Å². The Morgan fingerprint density at radius 3 is 1.47 bits per heavy atom. The smallest absolute Gasteiger partial charge is 0.189 e. The zero-order chi connectivity index (χ0) is 24.3. The zero-order valence-electron chi connectivity index (χ0n) is 19.5. The summed E-state index contributed by atoms with van der Waals surface area (Å²) < 4.78 is 0. The minimum atomic E-state index is -0.579. The van der Waals surface area contributed by atoms with E-state index in [9.17, 15) is 4.79 Å². The number of carbonyl (C=O) groups is 1. The van der Waals surface area contributed by atoms with Crippen molar-refractivity contribution in [3.8, 4) is 0 Å². The van der Waals surface area contributed by atoms with Gasteiger partial charge in [0.25, 0.3) is 0 Å². The maximum absolute atomic E-state index is 13.9. The summed E-state index contributed by atoms with van der Waals surface area (Å²) in [6, 6.07) is 22.7. The Morgan fingerprint density at radius 2 is 1.03 bits per heavy atom. The Hall–Kier alpha value is -4.65. The van der Waals surface area contributed by atoms with Gasteiger partial charge in [0, 0.05) is 48.8 Å². The number of hydrogen-bond acceptors (Lipinski definition) is 7. The first kappa shape index (κ1) is 21.9. The number of pyridine rings is 2. The lowest BCUT2D eigenvalue weighted by molar-refractivity contribution is -0.123. The predicted octanol–water partition coefficient (Wildman–Crippen LogP) is 3.93. The number of hydrazone groups is 2. The minimum absolute atomic E-state index is 0.0201. The van der Waals surface area contributed by atoms with Crippen LogP contribution in [0.3, 0.4) is 0 Å². The molecule has 2 aliphatic heterocycles. The van der Waals surface area contributed by atoms with Crippen molar-refractivity contribution in [1.82, 2.24) is 20.8 Å². The van der Waals surface area contributed by atoms with Gasteiger partial charge in [-0.15, -0.1) is 0 Å². The van der Waals surface area contributed by atoms with Gasteiger partial charge in [0.1, 0.15) is 12.1 Å². The molecule has 0 fully saturated rings. The second kappa shape index (κ2) is 9.54. The number of nitrogens with one attached hydrogen (secondary N) is 2. The first-order valence-electron chi connectivity index (χ1n) is 11.9. The fraction of sp³-hybridized carbons (Fsp3) is 0.138. The maximum atomic E-state index is 13.9. The van der Waals surface area contributed by atoms with Crippen LogP contribution in [0.5, 0.6) is 0 Å². The molecule has 2 aromatic carbocycles. The van der Waals surface area contributed by atoms with Crippen molar-refractivity contribution in [1.29, 1.82) is 0 Å². The fourth-order valence-electron chi connectivity index (χ4n) is 4.83. The van der Waals surface area contributed by atoms with Gasteiger partial charge < -0.3 is 0 Å². The molecule has 0 amide bonds. The summed E-state index contributed by atoms with van der Waals surface area (Å²) in [6.07, 6.45) is 8.42. The molecule has 2 aliphatic rings. The number of fused-ring (bicyclic) bond motifs is 2. The molecule has 4 heterocycles. The van der Waals surface area contributed by atoms with Gasteiger partial charge in [0.05, 0.1) is 11.4 Å². The van der Waals surface area contributed by atoms with Crippen molar-refractivity contribution in [2.75, 3.05) is 0 Å². The molecule has 0 saturated heterocycles. The molecule has 2 unspecified atom stereocenters. The number of Topliss-reactive ketones (excluding diaryl/α,β-unsaturated/α-hetero) is 1. The van der Waals surface area contributed by atoms with Crippen LogP contribution in [0, 0.1) is 0 Å². The highest BCUT2D eigenvalue weighted by molar-refractivity contribution is 6.08. The van der Waals surface area contributed by atoms with Gasteiger partial charge in [0.2, 0.25) is 0 Å². The van der Waals surface area contributed by atoms with Gasteiger partial charge in [-0.1, -0.05) is 48.5 Å². The monoisotopic (exact) mass is 472 g/mol. The number of aromatic nitrogens is 2. The van der Waals surface area contributed by atoms with Crippen LogP contribution in [-0.4, -0.2) is 27.2 Å². The molecule has 176 valence electrons. The average Bonchev–Trinajstić information content (AvgIpc) is 2.94. The van der Waals surface area contributed by atoms with E-state index in [-0.39, 0.29) is 5.78 Å². The molecule has 0 bridgehead atoms. The fourth-order valence-corrected chi connectivity index (χ4v) is 4.83. The summed E-state index contributed by atoms with van der Waals surface area (Å²) in [7, 11) is 0. The SMILES string of the molecule is O=C(C1NN=C(Cc2ccncc2)c2ccccc21)C1NN=C(Cc2ccncc2)c2ccccc21. The quantitative estimate of drug-likeness (QED) is 0.444. The lowest BCUT2D eigenvalue weighted by Gasteiger charge is -2.31. The van der Waals surface area contributed by atoms with Gasteiger partial charge in [-0.3, -0.25) is 25.6 Å².